The van der Waals surface area contributed by atoms with E-state index in [1.807, 2.05) is 6.26 Å². The van der Waals surface area contributed by atoms with E-state index in [2.05, 4.69) is 24.3 Å². The molecule has 0 fully saturated rings. The largest absolute Gasteiger partial charge is 0.469 e. The third kappa shape index (κ3) is 3.20. The SMILES string of the molecule is CSc1ccc(CN(C)C(=O)c2ccoc2C)cc1. The van der Waals surface area contributed by atoms with Crippen LogP contribution < -0.4 is 0 Å². The van der Waals surface area contributed by atoms with Crippen molar-refractivity contribution in [3.05, 3.63) is 53.5 Å². The van der Waals surface area contributed by atoms with Gasteiger partial charge in [0, 0.05) is 18.5 Å². The summed E-state index contributed by atoms with van der Waals surface area (Å²) in [5, 5.41) is 0. The minimum Gasteiger partial charge on any atom is -0.469 e. The van der Waals surface area contributed by atoms with Crippen molar-refractivity contribution in [3.8, 4) is 0 Å². The van der Waals surface area contributed by atoms with Gasteiger partial charge in [0.25, 0.3) is 5.91 Å². The van der Waals surface area contributed by atoms with Gasteiger partial charge in [0.15, 0.2) is 0 Å². The van der Waals surface area contributed by atoms with Crippen molar-refractivity contribution in [1.29, 1.82) is 0 Å². The summed E-state index contributed by atoms with van der Waals surface area (Å²) in [6, 6.07) is 9.96. The van der Waals surface area contributed by atoms with Crippen molar-refractivity contribution in [2.24, 2.45) is 0 Å². The fraction of sp³-hybridized carbons (Fsp3) is 0.267. The van der Waals surface area contributed by atoms with Crippen molar-refractivity contribution in [2.45, 2.75) is 18.4 Å². The molecule has 1 heterocycles. The molecule has 1 amide bonds. The van der Waals surface area contributed by atoms with Crippen LogP contribution in [0.4, 0.5) is 0 Å². The smallest absolute Gasteiger partial charge is 0.257 e. The highest BCUT2D eigenvalue weighted by molar-refractivity contribution is 7.98. The summed E-state index contributed by atoms with van der Waals surface area (Å²) in [4.78, 5) is 15.1. The molecule has 100 valence electrons. The van der Waals surface area contributed by atoms with E-state index >= 15 is 0 Å². The van der Waals surface area contributed by atoms with Crippen LogP contribution in [0.2, 0.25) is 0 Å². The van der Waals surface area contributed by atoms with Gasteiger partial charge in [0.05, 0.1) is 11.8 Å². The minimum absolute atomic E-state index is 0.0137. The Labute approximate surface area is 117 Å². The van der Waals surface area contributed by atoms with E-state index in [0.717, 1.165) is 5.56 Å². The van der Waals surface area contributed by atoms with Crippen LogP contribution in [-0.2, 0) is 6.54 Å². The fourth-order valence-corrected chi connectivity index (χ4v) is 2.30. The van der Waals surface area contributed by atoms with Crippen LogP contribution in [0.25, 0.3) is 0 Å². The Morgan fingerprint density at radius 3 is 2.47 bits per heavy atom. The molecule has 0 aliphatic heterocycles. The molecule has 0 radical (unpaired) electrons. The first-order chi connectivity index (χ1) is 9.11. The van der Waals surface area contributed by atoms with E-state index in [4.69, 9.17) is 4.42 Å². The molecule has 3 nitrogen and oxygen atoms in total. The average Bonchev–Trinajstić information content (AvgIpc) is 2.85. The maximum Gasteiger partial charge on any atom is 0.257 e. The van der Waals surface area contributed by atoms with E-state index in [-0.39, 0.29) is 5.91 Å². The summed E-state index contributed by atoms with van der Waals surface area (Å²) in [6.45, 7) is 2.40. The Hall–Kier alpha value is -1.68. The summed E-state index contributed by atoms with van der Waals surface area (Å²) >= 11 is 1.71. The van der Waals surface area contributed by atoms with Crippen molar-refractivity contribution in [1.82, 2.24) is 4.90 Å². The fourth-order valence-electron chi connectivity index (χ4n) is 1.89. The highest BCUT2D eigenvalue weighted by Gasteiger charge is 2.16. The van der Waals surface area contributed by atoms with Gasteiger partial charge in [-0.15, -0.1) is 11.8 Å². The number of hydrogen-bond acceptors (Lipinski definition) is 3. The van der Waals surface area contributed by atoms with E-state index in [0.29, 0.717) is 17.9 Å². The predicted molar refractivity (Wildman–Crippen MR) is 77.5 cm³/mol. The van der Waals surface area contributed by atoms with E-state index < -0.39 is 0 Å². The molecule has 2 aromatic rings. The second-order valence-electron chi connectivity index (χ2n) is 4.40. The Kier molecular flexibility index (Phi) is 4.32. The standard InChI is InChI=1S/C15H17NO2S/c1-11-14(8-9-18-11)15(17)16(2)10-12-4-6-13(19-3)7-5-12/h4-9H,10H2,1-3H3. The molecule has 1 aromatic heterocycles. The summed E-state index contributed by atoms with van der Waals surface area (Å²) < 4.78 is 5.17. The Morgan fingerprint density at radius 2 is 1.95 bits per heavy atom. The molecule has 0 spiro atoms. The molecular weight excluding hydrogens is 258 g/mol. The van der Waals surface area contributed by atoms with Crippen LogP contribution in [0.5, 0.6) is 0 Å². The summed E-state index contributed by atoms with van der Waals surface area (Å²) in [7, 11) is 1.80. The number of aryl methyl sites for hydroxylation is 1. The highest BCUT2D eigenvalue weighted by Crippen LogP contribution is 2.17. The van der Waals surface area contributed by atoms with Crippen molar-refractivity contribution in [3.63, 3.8) is 0 Å². The second kappa shape index (κ2) is 5.97. The first kappa shape index (κ1) is 13.7. The molecule has 0 aliphatic carbocycles. The zero-order valence-corrected chi connectivity index (χ0v) is 12.2. The molecule has 0 atom stereocenters. The maximum absolute atomic E-state index is 12.2. The monoisotopic (exact) mass is 275 g/mol. The molecule has 0 N–H and O–H groups in total. The van der Waals surface area contributed by atoms with E-state index in [1.165, 1.54) is 4.90 Å². The number of carbonyl (C=O) groups is 1. The normalized spacial score (nSPS) is 10.5. The quantitative estimate of drug-likeness (QED) is 0.800. The van der Waals surface area contributed by atoms with Crippen LogP contribution >= 0.6 is 11.8 Å². The lowest BCUT2D eigenvalue weighted by molar-refractivity contribution is 0.0783. The molecule has 1 aromatic carbocycles. The number of furan rings is 1. The van der Waals surface area contributed by atoms with E-state index in [1.54, 1.807) is 43.0 Å². The predicted octanol–water partition coefficient (Wildman–Crippen LogP) is 3.58. The first-order valence-corrected chi connectivity index (χ1v) is 7.27. The van der Waals surface area contributed by atoms with Gasteiger partial charge in [-0.3, -0.25) is 4.79 Å². The van der Waals surface area contributed by atoms with Gasteiger partial charge in [-0.1, -0.05) is 12.1 Å². The van der Waals surface area contributed by atoms with Gasteiger partial charge in [0.2, 0.25) is 0 Å². The lowest BCUT2D eigenvalue weighted by Gasteiger charge is -2.17. The van der Waals surface area contributed by atoms with Gasteiger partial charge < -0.3 is 9.32 Å². The van der Waals surface area contributed by atoms with Gasteiger partial charge in [-0.05, 0) is 36.9 Å². The maximum atomic E-state index is 12.2. The number of carbonyl (C=O) groups excluding carboxylic acids is 1. The molecule has 0 bridgehead atoms. The molecule has 0 aliphatic rings. The van der Waals surface area contributed by atoms with Crippen molar-refractivity contribution in [2.75, 3.05) is 13.3 Å². The molecule has 19 heavy (non-hydrogen) atoms. The van der Waals surface area contributed by atoms with Gasteiger partial charge in [0.1, 0.15) is 5.76 Å². The van der Waals surface area contributed by atoms with Gasteiger partial charge in [-0.25, -0.2) is 0 Å². The number of rotatable bonds is 4. The van der Waals surface area contributed by atoms with Gasteiger partial charge in [-0.2, -0.15) is 0 Å². The second-order valence-corrected chi connectivity index (χ2v) is 5.28. The molecule has 0 saturated heterocycles. The summed E-state index contributed by atoms with van der Waals surface area (Å²) in [6.07, 6.45) is 3.59. The zero-order chi connectivity index (χ0) is 13.8. The van der Waals surface area contributed by atoms with Gasteiger partial charge >= 0.3 is 0 Å². The van der Waals surface area contributed by atoms with Crippen molar-refractivity contribution < 1.29 is 9.21 Å². The third-order valence-electron chi connectivity index (χ3n) is 3.01. The van der Waals surface area contributed by atoms with E-state index in [9.17, 15) is 4.79 Å². The highest BCUT2D eigenvalue weighted by atomic mass is 32.2. The summed E-state index contributed by atoms with van der Waals surface area (Å²) in [5.74, 6) is 0.648. The Bertz CT molecular complexity index is 560. The number of nitrogens with zero attached hydrogens (tertiary/aromatic N) is 1. The first-order valence-electron chi connectivity index (χ1n) is 6.04. The van der Waals surface area contributed by atoms with Crippen LogP contribution in [0, 0.1) is 6.92 Å². The average molecular weight is 275 g/mol. The lowest BCUT2D eigenvalue weighted by atomic mass is 10.2. The molecule has 4 heteroatoms. The number of thioether (sulfide) groups is 1. The number of hydrogen-bond donors (Lipinski definition) is 0. The topological polar surface area (TPSA) is 33.5 Å². The number of amides is 1. The molecule has 0 saturated carbocycles. The Balaban J connectivity index is 2.06. The van der Waals surface area contributed by atoms with Crippen LogP contribution in [0.15, 0.2) is 45.9 Å². The molecular formula is C15H17NO2S. The number of benzene rings is 1. The van der Waals surface area contributed by atoms with Crippen LogP contribution in [0.3, 0.4) is 0 Å². The molecule has 0 unspecified atom stereocenters. The Morgan fingerprint density at radius 1 is 1.26 bits per heavy atom. The summed E-state index contributed by atoms with van der Waals surface area (Å²) in [5.41, 5.74) is 1.75. The minimum atomic E-state index is -0.0137. The van der Waals surface area contributed by atoms with Crippen LogP contribution in [-0.4, -0.2) is 24.1 Å². The molecule has 2 rings (SSSR count). The van der Waals surface area contributed by atoms with Crippen LogP contribution in [0.1, 0.15) is 21.7 Å². The zero-order valence-electron chi connectivity index (χ0n) is 11.3. The van der Waals surface area contributed by atoms with Crippen molar-refractivity contribution >= 4 is 17.7 Å². The lowest BCUT2D eigenvalue weighted by Crippen LogP contribution is -2.26. The third-order valence-corrected chi connectivity index (χ3v) is 3.76.